The predicted molar refractivity (Wildman–Crippen MR) is 80.6 cm³/mol. The SMILES string of the molecule is CCCNC(CCCOCCCOC)C1CCCC1. The van der Waals surface area contributed by atoms with Gasteiger partial charge in [0, 0.05) is 33.0 Å². The van der Waals surface area contributed by atoms with Crippen LogP contribution in [0.4, 0.5) is 0 Å². The van der Waals surface area contributed by atoms with E-state index in [1.54, 1.807) is 7.11 Å². The highest BCUT2D eigenvalue weighted by molar-refractivity contribution is 4.80. The molecule has 0 aromatic carbocycles. The molecule has 1 fully saturated rings. The summed E-state index contributed by atoms with van der Waals surface area (Å²) in [7, 11) is 1.74. The first-order valence-electron chi connectivity index (χ1n) is 8.18. The van der Waals surface area contributed by atoms with Gasteiger partial charge in [-0.25, -0.2) is 0 Å². The van der Waals surface area contributed by atoms with Crippen molar-refractivity contribution in [2.75, 3.05) is 33.5 Å². The molecule has 0 aliphatic heterocycles. The van der Waals surface area contributed by atoms with Gasteiger partial charge in [0.2, 0.25) is 0 Å². The van der Waals surface area contributed by atoms with Gasteiger partial charge in [-0.05, 0) is 51.0 Å². The molecule has 1 aliphatic carbocycles. The molecule has 1 aliphatic rings. The lowest BCUT2D eigenvalue weighted by Gasteiger charge is -2.24. The zero-order valence-corrected chi connectivity index (χ0v) is 13.0. The molecule has 114 valence electrons. The molecule has 0 aromatic rings. The van der Waals surface area contributed by atoms with Crippen LogP contribution in [0.5, 0.6) is 0 Å². The molecule has 3 nitrogen and oxygen atoms in total. The molecule has 0 bridgehead atoms. The van der Waals surface area contributed by atoms with E-state index in [-0.39, 0.29) is 0 Å². The second kappa shape index (κ2) is 11.7. The van der Waals surface area contributed by atoms with Gasteiger partial charge in [-0.2, -0.15) is 0 Å². The fraction of sp³-hybridized carbons (Fsp3) is 1.00. The van der Waals surface area contributed by atoms with E-state index in [2.05, 4.69) is 12.2 Å². The summed E-state index contributed by atoms with van der Waals surface area (Å²) in [5, 5.41) is 3.75. The monoisotopic (exact) mass is 271 g/mol. The van der Waals surface area contributed by atoms with Crippen LogP contribution in [-0.2, 0) is 9.47 Å². The van der Waals surface area contributed by atoms with Gasteiger partial charge in [-0.1, -0.05) is 19.8 Å². The van der Waals surface area contributed by atoms with Gasteiger partial charge < -0.3 is 14.8 Å². The highest BCUT2D eigenvalue weighted by Crippen LogP contribution is 2.29. The molecule has 19 heavy (non-hydrogen) atoms. The van der Waals surface area contributed by atoms with E-state index in [0.29, 0.717) is 0 Å². The Bertz CT molecular complexity index is 193. The molecule has 1 saturated carbocycles. The first-order valence-corrected chi connectivity index (χ1v) is 8.18. The summed E-state index contributed by atoms with van der Waals surface area (Å²) >= 11 is 0. The van der Waals surface area contributed by atoms with Crippen molar-refractivity contribution in [2.45, 2.75) is 64.3 Å². The average Bonchev–Trinajstić information content (AvgIpc) is 2.95. The first-order chi connectivity index (χ1) is 9.38. The highest BCUT2D eigenvalue weighted by atomic mass is 16.5. The van der Waals surface area contributed by atoms with E-state index in [1.807, 2.05) is 0 Å². The number of ether oxygens (including phenoxy) is 2. The zero-order chi connectivity index (χ0) is 13.8. The minimum Gasteiger partial charge on any atom is -0.385 e. The van der Waals surface area contributed by atoms with E-state index < -0.39 is 0 Å². The highest BCUT2D eigenvalue weighted by Gasteiger charge is 2.23. The van der Waals surface area contributed by atoms with E-state index >= 15 is 0 Å². The summed E-state index contributed by atoms with van der Waals surface area (Å²) < 4.78 is 10.7. The lowest BCUT2D eigenvalue weighted by molar-refractivity contribution is 0.0977. The molecule has 0 heterocycles. The Hall–Kier alpha value is -0.120. The topological polar surface area (TPSA) is 30.5 Å². The summed E-state index contributed by atoms with van der Waals surface area (Å²) in [5.41, 5.74) is 0. The molecule has 0 spiro atoms. The maximum absolute atomic E-state index is 5.65. The Kier molecular flexibility index (Phi) is 10.4. The van der Waals surface area contributed by atoms with Crippen molar-refractivity contribution in [1.82, 2.24) is 5.32 Å². The third-order valence-electron chi connectivity index (χ3n) is 4.07. The Morgan fingerprint density at radius 2 is 1.84 bits per heavy atom. The minimum atomic E-state index is 0.727. The van der Waals surface area contributed by atoms with Gasteiger partial charge in [-0.3, -0.25) is 0 Å². The summed E-state index contributed by atoms with van der Waals surface area (Å²) in [6.45, 7) is 5.96. The van der Waals surface area contributed by atoms with Crippen LogP contribution >= 0.6 is 0 Å². The number of hydrogen-bond acceptors (Lipinski definition) is 3. The fourth-order valence-electron chi connectivity index (χ4n) is 3.01. The van der Waals surface area contributed by atoms with E-state index in [0.717, 1.165) is 44.7 Å². The van der Waals surface area contributed by atoms with E-state index in [9.17, 15) is 0 Å². The quantitative estimate of drug-likeness (QED) is 0.552. The molecular formula is C16H33NO2. The van der Waals surface area contributed by atoms with Crippen LogP contribution in [0.2, 0.25) is 0 Å². The van der Waals surface area contributed by atoms with Crippen molar-refractivity contribution in [2.24, 2.45) is 5.92 Å². The number of rotatable bonds is 12. The van der Waals surface area contributed by atoms with Crippen LogP contribution in [0.15, 0.2) is 0 Å². The summed E-state index contributed by atoms with van der Waals surface area (Å²) in [6, 6.07) is 0.727. The van der Waals surface area contributed by atoms with Crippen LogP contribution in [0.1, 0.15) is 58.3 Å². The largest absolute Gasteiger partial charge is 0.385 e. The summed E-state index contributed by atoms with van der Waals surface area (Å²) in [4.78, 5) is 0. The van der Waals surface area contributed by atoms with Gasteiger partial charge in [0.1, 0.15) is 0 Å². The Morgan fingerprint density at radius 1 is 1.11 bits per heavy atom. The normalized spacial score (nSPS) is 18.0. The third-order valence-corrected chi connectivity index (χ3v) is 4.07. The van der Waals surface area contributed by atoms with Crippen LogP contribution in [-0.4, -0.2) is 39.5 Å². The average molecular weight is 271 g/mol. The lowest BCUT2D eigenvalue weighted by Crippen LogP contribution is -2.35. The molecule has 0 amide bonds. The van der Waals surface area contributed by atoms with Crippen molar-refractivity contribution in [3.63, 3.8) is 0 Å². The lowest BCUT2D eigenvalue weighted by atomic mass is 9.94. The predicted octanol–water partition coefficient (Wildman–Crippen LogP) is 3.38. The maximum atomic E-state index is 5.65. The van der Waals surface area contributed by atoms with E-state index in [1.165, 1.54) is 44.9 Å². The molecule has 0 saturated heterocycles. The number of hydrogen-bond donors (Lipinski definition) is 1. The van der Waals surface area contributed by atoms with Crippen LogP contribution in [0.25, 0.3) is 0 Å². The molecule has 1 atom stereocenters. The molecule has 1 unspecified atom stereocenters. The summed E-state index contributed by atoms with van der Waals surface area (Å²) in [6.07, 6.45) is 10.4. The summed E-state index contributed by atoms with van der Waals surface area (Å²) in [5.74, 6) is 0.917. The molecule has 0 aromatic heterocycles. The smallest absolute Gasteiger partial charge is 0.0487 e. The Balaban J connectivity index is 2.06. The first kappa shape index (κ1) is 16.9. The Labute approximate surface area is 119 Å². The number of nitrogens with one attached hydrogen (secondary N) is 1. The fourth-order valence-corrected chi connectivity index (χ4v) is 3.01. The van der Waals surface area contributed by atoms with Gasteiger partial charge in [0.25, 0.3) is 0 Å². The molecule has 0 radical (unpaired) electrons. The van der Waals surface area contributed by atoms with Crippen molar-refractivity contribution in [1.29, 1.82) is 0 Å². The molecule has 1 rings (SSSR count). The number of methoxy groups -OCH3 is 1. The van der Waals surface area contributed by atoms with Gasteiger partial charge in [0.05, 0.1) is 0 Å². The standard InChI is InChI=1S/C16H33NO2/c1-3-11-17-16(15-8-4-5-9-15)10-6-13-19-14-7-12-18-2/h15-17H,3-14H2,1-2H3. The Morgan fingerprint density at radius 3 is 2.53 bits per heavy atom. The van der Waals surface area contributed by atoms with Crippen LogP contribution in [0, 0.1) is 5.92 Å². The third kappa shape index (κ3) is 7.91. The van der Waals surface area contributed by atoms with Crippen molar-refractivity contribution in [3.05, 3.63) is 0 Å². The zero-order valence-electron chi connectivity index (χ0n) is 13.0. The van der Waals surface area contributed by atoms with Gasteiger partial charge >= 0.3 is 0 Å². The van der Waals surface area contributed by atoms with Crippen molar-refractivity contribution in [3.8, 4) is 0 Å². The second-order valence-corrected chi connectivity index (χ2v) is 5.71. The van der Waals surface area contributed by atoms with Gasteiger partial charge in [-0.15, -0.1) is 0 Å². The van der Waals surface area contributed by atoms with E-state index in [4.69, 9.17) is 9.47 Å². The molecular weight excluding hydrogens is 238 g/mol. The van der Waals surface area contributed by atoms with Gasteiger partial charge in [0.15, 0.2) is 0 Å². The molecule has 1 N–H and O–H groups in total. The second-order valence-electron chi connectivity index (χ2n) is 5.71. The molecule has 3 heteroatoms. The van der Waals surface area contributed by atoms with Crippen LogP contribution < -0.4 is 5.32 Å². The van der Waals surface area contributed by atoms with Crippen LogP contribution in [0.3, 0.4) is 0 Å². The van der Waals surface area contributed by atoms with Crippen molar-refractivity contribution < 1.29 is 9.47 Å². The minimum absolute atomic E-state index is 0.727. The van der Waals surface area contributed by atoms with Crippen molar-refractivity contribution >= 4 is 0 Å². The maximum Gasteiger partial charge on any atom is 0.0487 e.